The van der Waals surface area contributed by atoms with Gasteiger partial charge in [-0.15, -0.1) is 11.8 Å². The van der Waals surface area contributed by atoms with E-state index in [-0.39, 0.29) is 0 Å². The fourth-order valence-corrected chi connectivity index (χ4v) is 1.33. The SMILES string of the molecule is CC.CC1=CCCS1.CC=O. The lowest BCUT2D eigenvalue weighted by Crippen LogP contribution is -1.57. The molecular formula is C9H18OS. The molecule has 66 valence electrons. The van der Waals surface area contributed by atoms with Crippen molar-refractivity contribution >= 4 is 18.0 Å². The topological polar surface area (TPSA) is 17.1 Å². The van der Waals surface area contributed by atoms with E-state index in [0.717, 1.165) is 6.29 Å². The van der Waals surface area contributed by atoms with Crippen LogP contribution in [-0.4, -0.2) is 12.0 Å². The standard InChI is InChI=1S/C5H8S.C2H4O.C2H6/c1-5-3-2-4-6-5;1-2-3;1-2/h3H,2,4H2,1H3;2H,1H3;1-2H3. The summed E-state index contributed by atoms with van der Waals surface area (Å²) in [5.74, 6) is 1.31. The fourth-order valence-electron chi connectivity index (χ4n) is 0.541. The smallest absolute Gasteiger partial charge is 0.116 e. The molecular weight excluding hydrogens is 156 g/mol. The number of carbonyl (C=O) groups is 1. The van der Waals surface area contributed by atoms with Crippen molar-refractivity contribution in [2.75, 3.05) is 5.75 Å². The van der Waals surface area contributed by atoms with Crippen LogP contribution in [0.3, 0.4) is 0 Å². The first-order chi connectivity index (χ1) is 5.31. The molecule has 0 atom stereocenters. The Hall–Kier alpha value is -0.240. The molecule has 0 aliphatic carbocycles. The predicted molar refractivity (Wildman–Crippen MR) is 53.9 cm³/mol. The summed E-state index contributed by atoms with van der Waals surface area (Å²) in [6.45, 7) is 7.61. The predicted octanol–water partition coefficient (Wildman–Crippen LogP) is 3.26. The van der Waals surface area contributed by atoms with Gasteiger partial charge in [0.1, 0.15) is 6.29 Å². The summed E-state index contributed by atoms with van der Waals surface area (Å²) in [5.41, 5.74) is 0. The first-order valence-electron chi connectivity index (χ1n) is 4.00. The van der Waals surface area contributed by atoms with E-state index in [9.17, 15) is 0 Å². The molecule has 1 aliphatic rings. The third kappa shape index (κ3) is 12.9. The second kappa shape index (κ2) is 12.4. The Bertz CT molecular complexity index is 108. The summed E-state index contributed by atoms with van der Waals surface area (Å²) >= 11 is 1.96. The third-order valence-electron chi connectivity index (χ3n) is 0.879. The van der Waals surface area contributed by atoms with Gasteiger partial charge in [0.2, 0.25) is 0 Å². The van der Waals surface area contributed by atoms with Gasteiger partial charge in [-0.3, -0.25) is 0 Å². The van der Waals surface area contributed by atoms with Crippen molar-refractivity contribution < 1.29 is 4.79 Å². The Morgan fingerprint density at radius 3 is 2.09 bits per heavy atom. The number of hydrogen-bond donors (Lipinski definition) is 0. The van der Waals surface area contributed by atoms with Crippen LogP contribution in [-0.2, 0) is 4.79 Å². The zero-order chi connectivity index (χ0) is 9.11. The Balaban J connectivity index is 0. The molecule has 0 aromatic heterocycles. The Morgan fingerprint density at radius 1 is 1.55 bits per heavy atom. The first kappa shape index (κ1) is 13.4. The lowest BCUT2D eigenvalue weighted by molar-refractivity contribution is -0.106. The van der Waals surface area contributed by atoms with Crippen LogP contribution >= 0.6 is 11.8 Å². The van der Waals surface area contributed by atoms with Crippen molar-refractivity contribution in [3.05, 3.63) is 11.0 Å². The van der Waals surface area contributed by atoms with Gasteiger partial charge in [-0.1, -0.05) is 19.9 Å². The lowest BCUT2D eigenvalue weighted by Gasteiger charge is -1.80. The summed E-state index contributed by atoms with van der Waals surface area (Å²) in [4.78, 5) is 10.3. The molecule has 2 heteroatoms. The molecule has 11 heavy (non-hydrogen) atoms. The zero-order valence-corrected chi connectivity index (χ0v) is 8.70. The summed E-state index contributed by atoms with van der Waals surface area (Å²) in [7, 11) is 0. The Kier molecular flexibility index (Phi) is 15.1. The first-order valence-corrected chi connectivity index (χ1v) is 4.99. The van der Waals surface area contributed by atoms with Crippen molar-refractivity contribution in [1.82, 2.24) is 0 Å². The fraction of sp³-hybridized carbons (Fsp3) is 0.667. The summed E-state index contributed by atoms with van der Waals surface area (Å²) in [6.07, 6.45) is 4.32. The molecule has 0 N–H and O–H groups in total. The Morgan fingerprint density at radius 2 is 2.00 bits per heavy atom. The van der Waals surface area contributed by atoms with Crippen LogP contribution in [0.25, 0.3) is 0 Å². The highest BCUT2D eigenvalue weighted by molar-refractivity contribution is 8.03. The average molecular weight is 174 g/mol. The molecule has 0 saturated heterocycles. The number of thioether (sulfide) groups is 1. The maximum Gasteiger partial charge on any atom is 0.116 e. The number of allylic oxidation sites excluding steroid dienone is 2. The van der Waals surface area contributed by atoms with E-state index < -0.39 is 0 Å². The van der Waals surface area contributed by atoms with Gasteiger partial charge < -0.3 is 4.79 Å². The quantitative estimate of drug-likeness (QED) is 0.524. The number of rotatable bonds is 0. The van der Waals surface area contributed by atoms with E-state index >= 15 is 0 Å². The molecule has 0 bridgehead atoms. The van der Waals surface area contributed by atoms with Crippen LogP contribution in [0.15, 0.2) is 11.0 Å². The van der Waals surface area contributed by atoms with Gasteiger partial charge in [0, 0.05) is 5.75 Å². The van der Waals surface area contributed by atoms with Gasteiger partial charge >= 0.3 is 0 Å². The highest BCUT2D eigenvalue weighted by Crippen LogP contribution is 2.22. The van der Waals surface area contributed by atoms with Crippen LogP contribution in [0, 0.1) is 0 Å². The highest BCUT2D eigenvalue weighted by Gasteiger charge is 1.95. The largest absolute Gasteiger partial charge is 0.304 e. The van der Waals surface area contributed by atoms with Gasteiger partial charge in [0.25, 0.3) is 0 Å². The molecule has 1 aliphatic heterocycles. The lowest BCUT2D eigenvalue weighted by atomic mass is 10.4. The van der Waals surface area contributed by atoms with Crippen molar-refractivity contribution in [2.24, 2.45) is 0 Å². The minimum absolute atomic E-state index is 0.750. The maximum atomic E-state index is 8.81. The monoisotopic (exact) mass is 174 g/mol. The molecule has 1 nitrogen and oxygen atoms in total. The van der Waals surface area contributed by atoms with Gasteiger partial charge in [-0.2, -0.15) is 0 Å². The maximum absolute atomic E-state index is 8.81. The van der Waals surface area contributed by atoms with Crippen molar-refractivity contribution in [2.45, 2.75) is 34.1 Å². The highest BCUT2D eigenvalue weighted by atomic mass is 32.2. The summed E-state index contributed by atoms with van der Waals surface area (Å²) in [6, 6.07) is 0. The van der Waals surface area contributed by atoms with E-state index in [1.807, 2.05) is 25.6 Å². The van der Waals surface area contributed by atoms with E-state index in [2.05, 4.69) is 13.0 Å². The molecule has 0 fully saturated rings. The second-order valence-electron chi connectivity index (χ2n) is 1.69. The molecule has 1 heterocycles. The second-order valence-corrected chi connectivity index (χ2v) is 3.03. The number of carbonyl (C=O) groups excluding carboxylic acids is 1. The summed E-state index contributed by atoms with van der Waals surface area (Å²) in [5, 5.41) is 0. The van der Waals surface area contributed by atoms with Gasteiger partial charge in [0.15, 0.2) is 0 Å². The molecule has 0 unspecified atom stereocenters. The van der Waals surface area contributed by atoms with Crippen molar-refractivity contribution in [1.29, 1.82) is 0 Å². The normalized spacial score (nSPS) is 13.3. The van der Waals surface area contributed by atoms with E-state index in [1.165, 1.54) is 24.0 Å². The van der Waals surface area contributed by atoms with Gasteiger partial charge in [-0.25, -0.2) is 0 Å². The summed E-state index contributed by atoms with van der Waals surface area (Å²) < 4.78 is 0. The number of aldehydes is 1. The van der Waals surface area contributed by atoms with Crippen LogP contribution < -0.4 is 0 Å². The molecule has 0 saturated carbocycles. The average Bonchev–Trinajstić information content (AvgIpc) is 2.46. The van der Waals surface area contributed by atoms with Crippen LogP contribution in [0.1, 0.15) is 34.1 Å². The molecule has 0 aromatic rings. The third-order valence-corrected chi connectivity index (χ3v) is 1.94. The van der Waals surface area contributed by atoms with Gasteiger partial charge in [0.05, 0.1) is 0 Å². The zero-order valence-electron chi connectivity index (χ0n) is 7.89. The van der Waals surface area contributed by atoms with E-state index in [1.54, 1.807) is 0 Å². The Labute approximate surface area is 74.3 Å². The van der Waals surface area contributed by atoms with Crippen LogP contribution in [0.2, 0.25) is 0 Å². The van der Waals surface area contributed by atoms with Crippen molar-refractivity contribution in [3.63, 3.8) is 0 Å². The minimum atomic E-state index is 0.750. The molecule has 0 aromatic carbocycles. The van der Waals surface area contributed by atoms with E-state index in [4.69, 9.17) is 4.79 Å². The van der Waals surface area contributed by atoms with Crippen molar-refractivity contribution in [3.8, 4) is 0 Å². The van der Waals surface area contributed by atoms with Crippen LogP contribution in [0.4, 0.5) is 0 Å². The minimum Gasteiger partial charge on any atom is -0.304 e. The number of hydrogen-bond acceptors (Lipinski definition) is 2. The molecule has 1 rings (SSSR count). The van der Waals surface area contributed by atoms with Crippen LogP contribution in [0.5, 0.6) is 0 Å². The molecule has 0 spiro atoms. The molecule has 0 radical (unpaired) electrons. The molecule has 0 amide bonds. The van der Waals surface area contributed by atoms with E-state index in [0.29, 0.717) is 0 Å². The van der Waals surface area contributed by atoms with Gasteiger partial charge in [-0.05, 0) is 25.2 Å².